The number of hydrogen-bond acceptors (Lipinski definition) is 5. The fourth-order valence-corrected chi connectivity index (χ4v) is 4.41. The largest absolute Gasteiger partial charge is 0.376 e. The van der Waals surface area contributed by atoms with Crippen molar-refractivity contribution in [3.05, 3.63) is 45.9 Å². The number of aromatic amines is 1. The van der Waals surface area contributed by atoms with Gasteiger partial charge in [-0.05, 0) is 38.3 Å². The zero-order chi connectivity index (χ0) is 18.8. The predicted octanol–water partition coefficient (Wildman–Crippen LogP) is 3.72. The number of H-pyrrole nitrogens is 1. The highest BCUT2D eigenvalue weighted by Gasteiger charge is 2.20. The molecule has 0 aliphatic carbocycles. The molecule has 1 atom stereocenters. The van der Waals surface area contributed by atoms with Crippen LogP contribution < -0.4 is 5.56 Å². The molecule has 0 bridgehead atoms. The zero-order valence-corrected chi connectivity index (χ0v) is 16.5. The number of para-hydroxylation sites is 1. The van der Waals surface area contributed by atoms with E-state index in [1.54, 1.807) is 4.68 Å². The molecule has 1 saturated heterocycles. The number of fused-ring (bicyclic) bond motifs is 1. The molecule has 142 valence electrons. The van der Waals surface area contributed by atoms with Crippen molar-refractivity contribution in [2.75, 3.05) is 13.2 Å². The molecule has 1 fully saturated rings. The Labute approximate surface area is 161 Å². The molecule has 1 aliphatic heterocycles. The Morgan fingerprint density at radius 2 is 2.30 bits per heavy atom. The van der Waals surface area contributed by atoms with Gasteiger partial charge < -0.3 is 4.74 Å². The van der Waals surface area contributed by atoms with E-state index in [1.807, 2.05) is 31.2 Å². The fourth-order valence-electron chi connectivity index (χ4n) is 3.48. The van der Waals surface area contributed by atoms with Gasteiger partial charge in [0.2, 0.25) is 5.13 Å². The third-order valence-electron chi connectivity index (χ3n) is 4.86. The lowest BCUT2D eigenvalue weighted by Gasteiger charge is -2.06. The average molecular weight is 385 g/mol. The molecule has 27 heavy (non-hydrogen) atoms. The van der Waals surface area contributed by atoms with Gasteiger partial charge in [0.05, 0.1) is 28.4 Å². The second-order valence-electron chi connectivity index (χ2n) is 6.88. The Morgan fingerprint density at radius 1 is 1.44 bits per heavy atom. The normalized spacial score (nSPS) is 17.9. The highest BCUT2D eigenvalue weighted by molar-refractivity contribution is 7.20. The van der Waals surface area contributed by atoms with Gasteiger partial charge in [-0.15, -0.1) is 0 Å². The SMILES string of the molecule is CCCc1[nH]n(-c2nc3ccccc3s2)c(=O)c1C(C)=NC[C@@H]1CCCO1. The molecule has 1 aromatic carbocycles. The van der Waals surface area contributed by atoms with Crippen LogP contribution in [-0.2, 0) is 11.2 Å². The van der Waals surface area contributed by atoms with Crippen molar-refractivity contribution in [2.45, 2.75) is 45.6 Å². The molecule has 4 rings (SSSR count). The van der Waals surface area contributed by atoms with Crippen molar-refractivity contribution in [1.29, 1.82) is 0 Å². The topological polar surface area (TPSA) is 72.3 Å². The van der Waals surface area contributed by atoms with Crippen LogP contribution in [0.15, 0.2) is 34.1 Å². The summed E-state index contributed by atoms with van der Waals surface area (Å²) in [5.41, 5.74) is 3.20. The van der Waals surface area contributed by atoms with Crippen molar-refractivity contribution in [3.63, 3.8) is 0 Å². The quantitative estimate of drug-likeness (QED) is 0.659. The highest BCUT2D eigenvalue weighted by atomic mass is 32.1. The van der Waals surface area contributed by atoms with Gasteiger partial charge in [-0.2, -0.15) is 4.68 Å². The van der Waals surface area contributed by atoms with Gasteiger partial charge in [0.25, 0.3) is 5.56 Å². The molecule has 0 spiro atoms. The van der Waals surface area contributed by atoms with Crippen molar-refractivity contribution >= 4 is 27.3 Å². The summed E-state index contributed by atoms with van der Waals surface area (Å²) in [4.78, 5) is 22.5. The number of benzene rings is 1. The number of nitrogens with zero attached hydrogens (tertiary/aromatic N) is 3. The molecule has 1 aliphatic rings. The van der Waals surface area contributed by atoms with Gasteiger partial charge in [-0.1, -0.05) is 36.8 Å². The van der Waals surface area contributed by atoms with Crippen molar-refractivity contribution in [2.24, 2.45) is 4.99 Å². The summed E-state index contributed by atoms with van der Waals surface area (Å²) in [6, 6.07) is 7.93. The van der Waals surface area contributed by atoms with E-state index in [9.17, 15) is 4.79 Å². The maximum Gasteiger partial charge on any atom is 0.282 e. The van der Waals surface area contributed by atoms with Gasteiger partial charge >= 0.3 is 0 Å². The monoisotopic (exact) mass is 384 g/mol. The fraction of sp³-hybridized carbons (Fsp3) is 0.450. The summed E-state index contributed by atoms with van der Waals surface area (Å²) < 4.78 is 8.28. The second-order valence-corrected chi connectivity index (χ2v) is 7.89. The standard InChI is InChI=1S/C20H24N4O2S/c1-3-7-16-18(13(2)21-12-14-8-6-11-26-14)19(25)24(23-16)20-22-15-9-4-5-10-17(15)27-20/h4-5,9-10,14,23H,3,6-8,11-12H2,1-2H3/t14-/m0/s1. The van der Waals surface area contributed by atoms with E-state index in [0.717, 1.165) is 53.9 Å². The maximum atomic E-state index is 13.2. The number of thiazole rings is 1. The summed E-state index contributed by atoms with van der Waals surface area (Å²) in [5, 5.41) is 3.94. The molecule has 0 radical (unpaired) electrons. The Kier molecular flexibility index (Phi) is 5.22. The Balaban J connectivity index is 1.72. The average Bonchev–Trinajstić information content (AvgIpc) is 3.38. The Morgan fingerprint density at radius 3 is 3.04 bits per heavy atom. The maximum absolute atomic E-state index is 13.2. The molecule has 0 saturated carbocycles. The van der Waals surface area contributed by atoms with Crippen LogP contribution in [0.5, 0.6) is 0 Å². The van der Waals surface area contributed by atoms with Crippen molar-refractivity contribution < 1.29 is 4.74 Å². The van der Waals surface area contributed by atoms with E-state index in [0.29, 0.717) is 17.2 Å². The number of hydrogen-bond donors (Lipinski definition) is 1. The molecule has 0 amide bonds. The predicted molar refractivity (Wildman–Crippen MR) is 110 cm³/mol. The third-order valence-corrected chi connectivity index (χ3v) is 5.88. The van der Waals surface area contributed by atoms with Crippen LogP contribution in [0, 0.1) is 0 Å². The first kappa shape index (κ1) is 18.1. The van der Waals surface area contributed by atoms with Crippen LogP contribution in [0.4, 0.5) is 0 Å². The van der Waals surface area contributed by atoms with E-state index in [2.05, 4.69) is 22.0 Å². The molecule has 1 N–H and O–H groups in total. The molecular weight excluding hydrogens is 360 g/mol. The minimum atomic E-state index is -0.0777. The van der Waals surface area contributed by atoms with Gasteiger partial charge in [0.1, 0.15) is 0 Å². The molecule has 6 nitrogen and oxygen atoms in total. The number of nitrogens with one attached hydrogen (secondary N) is 1. The molecule has 3 aromatic rings. The second kappa shape index (κ2) is 7.78. The summed E-state index contributed by atoms with van der Waals surface area (Å²) in [6.45, 7) is 5.45. The van der Waals surface area contributed by atoms with Crippen molar-refractivity contribution in [1.82, 2.24) is 14.8 Å². The number of rotatable bonds is 6. The van der Waals surface area contributed by atoms with Gasteiger partial charge in [0.15, 0.2) is 0 Å². The third kappa shape index (κ3) is 3.61. The molecule has 2 aromatic heterocycles. The lowest BCUT2D eigenvalue weighted by Crippen LogP contribution is -2.20. The molecule has 7 heteroatoms. The Hall–Kier alpha value is -2.25. The van der Waals surface area contributed by atoms with Crippen molar-refractivity contribution in [3.8, 4) is 5.13 Å². The van der Waals surface area contributed by atoms with Gasteiger partial charge in [-0.25, -0.2) is 4.98 Å². The summed E-state index contributed by atoms with van der Waals surface area (Å²) in [7, 11) is 0. The smallest absolute Gasteiger partial charge is 0.282 e. The summed E-state index contributed by atoms with van der Waals surface area (Å²) in [5.74, 6) is 0. The minimum Gasteiger partial charge on any atom is -0.376 e. The number of ether oxygens (including phenoxy) is 1. The van der Waals surface area contributed by atoms with E-state index < -0.39 is 0 Å². The van der Waals surface area contributed by atoms with E-state index in [-0.39, 0.29) is 11.7 Å². The first-order valence-corrected chi connectivity index (χ1v) is 10.3. The Bertz CT molecular complexity index is 991. The molecule has 0 unspecified atom stereocenters. The van der Waals surface area contributed by atoms with Crippen LogP contribution >= 0.6 is 11.3 Å². The number of aryl methyl sites for hydroxylation is 1. The van der Waals surface area contributed by atoms with Gasteiger partial charge in [0, 0.05) is 18.0 Å². The highest BCUT2D eigenvalue weighted by Crippen LogP contribution is 2.24. The first-order chi connectivity index (χ1) is 13.2. The number of aromatic nitrogens is 3. The van der Waals surface area contributed by atoms with Crippen LogP contribution in [0.3, 0.4) is 0 Å². The van der Waals surface area contributed by atoms with Crippen LogP contribution in [-0.4, -0.2) is 39.7 Å². The first-order valence-electron chi connectivity index (χ1n) is 9.50. The van der Waals surface area contributed by atoms with Crippen LogP contribution in [0.25, 0.3) is 15.3 Å². The number of aliphatic imine (C=N–C) groups is 1. The molecular formula is C20H24N4O2S. The van der Waals surface area contributed by atoms with Crippen LogP contribution in [0.1, 0.15) is 44.4 Å². The molecule has 3 heterocycles. The van der Waals surface area contributed by atoms with E-state index in [1.165, 1.54) is 11.3 Å². The van der Waals surface area contributed by atoms with Crippen LogP contribution in [0.2, 0.25) is 0 Å². The lowest BCUT2D eigenvalue weighted by molar-refractivity contribution is 0.118. The summed E-state index contributed by atoms with van der Waals surface area (Å²) in [6.07, 6.45) is 4.07. The van der Waals surface area contributed by atoms with E-state index in [4.69, 9.17) is 4.74 Å². The lowest BCUT2D eigenvalue weighted by atomic mass is 10.1. The van der Waals surface area contributed by atoms with E-state index >= 15 is 0 Å². The minimum absolute atomic E-state index is 0.0777. The summed E-state index contributed by atoms with van der Waals surface area (Å²) >= 11 is 1.51. The zero-order valence-electron chi connectivity index (χ0n) is 15.7. The van der Waals surface area contributed by atoms with Gasteiger partial charge in [-0.3, -0.25) is 14.9 Å².